The van der Waals surface area contributed by atoms with Gasteiger partial charge in [0.15, 0.2) is 0 Å². The van der Waals surface area contributed by atoms with Crippen LogP contribution in [0.3, 0.4) is 0 Å². The van der Waals surface area contributed by atoms with E-state index in [1.54, 1.807) is 4.90 Å². The number of carboxylic acid groups (broad SMARTS) is 1. The van der Waals surface area contributed by atoms with Crippen LogP contribution in [0.1, 0.15) is 26.2 Å². The summed E-state index contributed by atoms with van der Waals surface area (Å²) >= 11 is 0. The summed E-state index contributed by atoms with van der Waals surface area (Å²) in [6, 6.07) is -0.673. The Bertz CT molecular complexity index is 331. The zero-order chi connectivity index (χ0) is 12.1. The molecular weight excluding hydrogens is 216 g/mol. The number of likely N-dealkylation sites (tertiary alicyclic amines) is 1. The minimum atomic E-state index is -1.88. The molecule has 0 radical (unpaired) electrons. The number of carbonyl (C=O) groups is 1. The molecule has 0 aromatic carbocycles. The molecular formula is C11H15F2NO2. The van der Waals surface area contributed by atoms with Crippen molar-refractivity contribution in [3.8, 4) is 0 Å². The van der Waals surface area contributed by atoms with Gasteiger partial charge in [0.1, 0.15) is 6.04 Å². The Morgan fingerprint density at radius 2 is 2.31 bits per heavy atom. The van der Waals surface area contributed by atoms with Crippen LogP contribution in [0, 0.1) is 0 Å². The second kappa shape index (κ2) is 5.77. The number of halogens is 2. The summed E-state index contributed by atoms with van der Waals surface area (Å²) in [5, 5.41) is 8.96. The van der Waals surface area contributed by atoms with Crippen LogP contribution in [-0.4, -0.2) is 35.1 Å². The smallest absolute Gasteiger partial charge is 0.321 e. The normalized spacial score (nSPS) is 20.9. The predicted octanol–water partition coefficient (Wildman–Crippen LogP) is 2.25. The van der Waals surface area contributed by atoms with Crippen molar-refractivity contribution in [2.45, 2.75) is 32.2 Å². The Balaban J connectivity index is 2.76. The summed E-state index contributed by atoms with van der Waals surface area (Å²) in [5.74, 6) is -0.952. The molecule has 1 saturated heterocycles. The molecule has 0 spiro atoms. The lowest BCUT2D eigenvalue weighted by Gasteiger charge is -2.19. The van der Waals surface area contributed by atoms with Gasteiger partial charge in [-0.1, -0.05) is 19.1 Å². The van der Waals surface area contributed by atoms with Crippen LogP contribution >= 0.6 is 0 Å². The van der Waals surface area contributed by atoms with Crippen LogP contribution in [0.2, 0.25) is 0 Å². The minimum Gasteiger partial charge on any atom is -0.480 e. The molecule has 1 N–H and O–H groups in total. The topological polar surface area (TPSA) is 40.5 Å². The number of rotatable bonds is 4. The quantitative estimate of drug-likeness (QED) is 0.754. The zero-order valence-corrected chi connectivity index (χ0v) is 9.17. The highest BCUT2D eigenvalue weighted by Gasteiger charge is 2.33. The first-order valence-corrected chi connectivity index (χ1v) is 5.31. The molecule has 0 bridgehead atoms. The fraction of sp³-hybridized carbons (Fsp3) is 0.636. The van der Waals surface area contributed by atoms with Crippen molar-refractivity contribution in [3.63, 3.8) is 0 Å². The molecule has 5 heteroatoms. The number of unbranched alkanes of at least 4 members (excludes halogenated alkanes) is 1. The van der Waals surface area contributed by atoms with E-state index in [2.05, 4.69) is 0 Å². The molecule has 0 aromatic rings. The molecule has 0 aromatic heterocycles. The summed E-state index contributed by atoms with van der Waals surface area (Å²) < 4.78 is 24.0. The second-order valence-electron chi connectivity index (χ2n) is 3.87. The predicted molar refractivity (Wildman–Crippen MR) is 55.3 cm³/mol. The van der Waals surface area contributed by atoms with Gasteiger partial charge in [0, 0.05) is 13.0 Å². The lowest BCUT2D eigenvalue weighted by molar-refractivity contribution is -0.142. The van der Waals surface area contributed by atoms with E-state index in [4.69, 9.17) is 5.11 Å². The van der Waals surface area contributed by atoms with Crippen LogP contribution in [0.25, 0.3) is 0 Å². The lowest BCUT2D eigenvalue weighted by atomic mass is 10.1. The van der Waals surface area contributed by atoms with Crippen LogP contribution < -0.4 is 0 Å². The van der Waals surface area contributed by atoms with E-state index in [1.165, 1.54) is 0 Å². The largest absolute Gasteiger partial charge is 0.480 e. The fourth-order valence-electron chi connectivity index (χ4n) is 1.85. The molecule has 1 aliphatic rings. The van der Waals surface area contributed by atoms with Crippen LogP contribution in [0.4, 0.5) is 8.78 Å². The molecule has 1 fully saturated rings. The Labute approximate surface area is 93.1 Å². The summed E-state index contributed by atoms with van der Waals surface area (Å²) in [7, 11) is 0. The molecule has 1 rings (SSSR count). The maximum Gasteiger partial charge on any atom is 0.321 e. The van der Waals surface area contributed by atoms with Crippen molar-refractivity contribution in [2.24, 2.45) is 0 Å². The monoisotopic (exact) mass is 231 g/mol. The number of hydrogen-bond acceptors (Lipinski definition) is 2. The highest BCUT2D eigenvalue weighted by molar-refractivity contribution is 5.74. The van der Waals surface area contributed by atoms with Gasteiger partial charge in [-0.3, -0.25) is 9.69 Å². The molecule has 1 heterocycles. The number of nitrogens with zero attached hydrogens (tertiary/aromatic N) is 1. The molecule has 90 valence electrons. The highest BCUT2D eigenvalue weighted by Crippen LogP contribution is 2.23. The molecule has 1 atom stereocenters. The van der Waals surface area contributed by atoms with Crippen molar-refractivity contribution < 1.29 is 18.7 Å². The Hall–Kier alpha value is -1.19. The third-order valence-corrected chi connectivity index (χ3v) is 2.63. The van der Waals surface area contributed by atoms with E-state index in [0.717, 1.165) is 12.8 Å². The van der Waals surface area contributed by atoms with Crippen molar-refractivity contribution in [1.29, 1.82) is 0 Å². The average molecular weight is 231 g/mol. The van der Waals surface area contributed by atoms with Crippen molar-refractivity contribution in [2.75, 3.05) is 13.1 Å². The van der Waals surface area contributed by atoms with Gasteiger partial charge in [-0.25, -0.2) is 0 Å². The Morgan fingerprint density at radius 3 is 2.81 bits per heavy atom. The van der Waals surface area contributed by atoms with Gasteiger partial charge >= 0.3 is 12.0 Å². The number of aliphatic carboxylic acids is 1. The second-order valence-corrected chi connectivity index (χ2v) is 3.87. The van der Waals surface area contributed by atoms with Crippen molar-refractivity contribution in [1.82, 2.24) is 4.90 Å². The van der Waals surface area contributed by atoms with Crippen LogP contribution in [0.5, 0.6) is 0 Å². The lowest BCUT2D eigenvalue weighted by Crippen LogP contribution is -2.36. The molecule has 16 heavy (non-hydrogen) atoms. The van der Waals surface area contributed by atoms with E-state index < -0.39 is 18.1 Å². The molecule has 0 saturated carbocycles. The van der Waals surface area contributed by atoms with Crippen LogP contribution in [0.15, 0.2) is 17.4 Å². The standard InChI is InChI=1S/C11H15F2NO2/c1-2-3-4-14-7-8(6-10(12)13)5-9(14)11(15)16/h9H,2-5,7H2,1H3,(H,15,16). The van der Waals surface area contributed by atoms with Gasteiger partial charge in [0.2, 0.25) is 0 Å². The third-order valence-electron chi connectivity index (χ3n) is 2.63. The maximum atomic E-state index is 12.0. The summed E-state index contributed by atoms with van der Waals surface area (Å²) in [6.07, 6.45) is 0.0984. The number of hydrogen-bond donors (Lipinski definition) is 1. The zero-order valence-electron chi connectivity index (χ0n) is 9.17. The van der Waals surface area contributed by atoms with Gasteiger partial charge in [-0.2, -0.15) is 8.78 Å². The average Bonchev–Trinajstić information content (AvgIpc) is 2.57. The van der Waals surface area contributed by atoms with E-state index in [9.17, 15) is 13.6 Å². The SMILES string of the molecule is CCCCN1CC(=C=C(F)F)CC1C(=O)O. The number of carboxylic acids is 1. The highest BCUT2D eigenvalue weighted by atomic mass is 19.3. The van der Waals surface area contributed by atoms with Gasteiger partial charge in [-0.15, -0.1) is 0 Å². The molecule has 1 unspecified atom stereocenters. The third kappa shape index (κ3) is 3.43. The van der Waals surface area contributed by atoms with Gasteiger partial charge < -0.3 is 5.11 Å². The first-order valence-electron chi connectivity index (χ1n) is 5.31. The van der Waals surface area contributed by atoms with Crippen molar-refractivity contribution in [3.05, 3.63) is 17.4 Å². The fourth-order valence-corrected chi connectivity index (χ4v) is 1.85. The van der Waals surface area contributed by atoms with E-state index in [-0.39, 0.29) is 13.0 Å². The Morgan fingerprint density at radius 1 is 1.62 bits per heavy atom. The van der Waals surface area contributed by atoms with E-state index in [0.29, 0.717) is 12.1 Å². The first-order chi connectivity index (χ1) is 7.54. The van der Waals surface area contributed by atoms with Gasteiger partial charge in [0.05, 0.1) is 0 Å². The molecule has 1 aliphatic heterocycles. The first kappa shape index (κ1) is 12.9. The summed E-state index contributed by atoms with van der Waals surface area (Å²) in [5.41, 5.74) is 2.31. The Kier molecular flexibility index (Phi) is 4.65. The molecule has 0 aliphatic carbocycles. The van der Waals surface area contributed by atoms with Crippen molar-refractivity contribution >= 4 is 5.97 Å². The minimum absolute atomic E-state index is 0.149. The van der Waals surface area contributed by atoms with Gasteiger partial charge in [-0.05, 0) is 18.5 Å². The molecule has 0 amide bonds. The van der Waals surface area contributed by atoms with Crippen LogP contribution in [-0.2, 0) is 4.79 Å². The summed E-state index contributed by atoms with van der Waals surface area (Å²) in [6.45, 7) is 2.92. The summed E-state index contributed by atoms with van der Waals surface area (Å²) in [4.78, 5) is 12.6. The molecule has 3 nitrogen and oxygen atoms in total. The maximum absolute atomic E-state index is 12.0. The van der Waals surface area contributed by atoms with E-state index in [1.807, 2.05) is 12.7 Å². The van der Waals surface area contributed by atoms with E-state index >= 15 is 0 Å². The van der Waals surface area contributed by atoms with Gasteiger partial charge in [0.25, 0.3) is 0 Å².